The zero-order valence-electron chi connectivity index (χ0n) is 12.7. The first kappa shape index (κ1) is 14.9. The fourth-order valence-corrected chi connectivity index (χ4v) is 3.29. The fraction of sp³-hybridized carbons (Fsp3) is 0.688. The Bertz CT molecular complexity index is 458. The third-order valence-corrected chi connectivity index (χ3v) is 4.65. The summed E-state index contributed by atoms with van der Waals surface area (Å²) in [6.45, 7) is 5.95. The Morgan fingerprint density at radius 2 is 2.10 bits per heavy atom. The fourth-order valence-electron chi connectivity index (χ4n) is 3.29. The zero-order valence-corrected chi connectivity index (χ0v) is 12.7. The van der Waals surface area contributed by atoms with Gasteiger partial charge in [-0.1, -0.05) is 26.7 Å². The van der Waals surface area contributed by atoms with Gasteiger partial charge in [0.1, 0.15) is 5.69 Å². The van der Waals surface area contributed by atoms with Crippen LogP contribution in [0, 0.1) is 5.41 Å². The molecule has 3 N–H and O–H groups in total. The lowest BCUT2D eigenvalue weighted by molar-refractivity contribution is 0.0919. The number of aromatic nitrogens is 1. The third kappa shape index (κ3) is 3.17. The minimum absolute atomic E-state index is 0.00914. The minimum atomic E-state index is 0.00914. The number of carbonyl (C=O) groups is 1. The van der Waals surface area contributed by atoms with Crippen LogP contribution >= 0.6 is 0 Å². The predicted octanol–water partition coefficient (Wildman–Crippen LogP) is 3.18. The van der Waals surface area contributed by atoms with Crippen molar-refractivity contribution in [2.24, 2.45) is 5.41 Å². The van der Waals surface area contributed by atoms with Gasteiger partial charge in [-0.2, -0.15) is 0 Å². The Kier molecular flexibility index (Phi) is 4.73. The third-order valence-electron chi connectivity index (χ3n) is 4.65. The lowest BCUT2D eigenvalue weighted by atomic mass is 9.83. The van der Waals surface area contributed by atoms with E-state index in [2.05, 4.69) is 19.2 Å². The van der Waals surface area contributed by atoms with Gasteiger partial charge in [-0.25, -0.2) is 0 Å². The summed E-state index contributed by atoms with van der Waals surface area (Å²) in [7, 11) is 0. The van der Waals surface area contributed by atoms with Crippen LogP contribution in [0.4, 0.5) is 5.69 Å². The van der Waals surface area contributed by atoms with Gasteiger partial charge in [-0.05, 0) is 37.2 Å². The summed E-state index contributed by atoms with van der Waals surface area (Å²) in [6, 6.07) is 1.78. The maximum atomic E-state index is 12.4. The van der Waals surface area contributed by atoms with Crippen molar-refractivity contribution in [2.45, 2.75) is 58.9 Å². The Hall–Kier alpha value is -1.45. The molecule has 1 aromatic heterocycles. The number of rotatable bonds is 6. The molecule has 0 spiro atoms. The molecule has 0 aromatic carbocycles. The lowest BCUT2D eigenvalue weighted by Crippen LogP contribution is -2.36. The van der Waals surface area contributed by atoms with Crippen molar-refractivity contribution in [1.29, 1.82) is 0 Å². The SMILES string of the molecule is CCCn1cc(N)cc1C(=O)NCC1(CC)CCCC1. The summed E-state index contributed by atoms with van der Waals surface area (Å²) in [5.74, 6) is 0.00914. The standard InChI is InChI=1S/C16H27N3O/c1-3-9-19-11-13(17)10-14(19)15(20)18-12-16(4-2)7-5-6-8-16/h10-11H,3-9,12,17H2,1-2H3,(H,18,20). The molecule has 4 heteroatoms. The van der Waals surface area contributed by atoms with E-state index in [0.29, 0.717) is 16.8 Å². The molecular weight excluding hydrogens is 250 g/mol. The number of anilines is 1. The van der Waals surface area contributed by atoms with Crippen LogP contribution in [0.15, 0.2) is 12.3 Å². The molecule has 1 fully saturated rings. The molecule has 1 aliphatic rings. The first-order valence-corrected chi connectivity index (χ1v) is 7.84. The molecule has 0 atom stereocenters. The van der Waals surface area contributed by atoms with Gasteiger partial charge in [-0.15, -0.1) is 0 Å². The van der Waals surface area contributed by atoms with E-state index >= 15 is 0 Å². The maximum Gasteiger partial charge on any atom is 0.268 e. The lowest BCUT2D eigenvalue weighted by Gasteiger charge is -2.27. The highest BCUT2D eigenvalue weighted by atomic mass is 16.1. The number of nitrogens with two attached hydrogens (primary N) is 1. The normalized spacial score (nSPS) is 17.3. The second kappa shape index (κ2) is 6.33. The van der Waals surface area contributed by atoms with E-state index in [0.717, 1.165) is 25.9 Å². The topological polar surface area (TPSA) is 60.0 Å². The number of amides is 1. The van der Waals surface area contributed by atoms with E-state index in [4.69, 9.17) is 5.73 Å². The molecule has 1 aliphatic carbocycles. The van der Waals surface area contributed by atoms with Crippen molar-refractivity contribution in [3.8, 4) is 0 Å². The predicted molar refractivity (Wildman–Crippen MR) is 82.7 cm³/mol. The average Bonchev–Trinajstić information content (AvgIpc) is 3.04. The van der Waals surface area contributed by atoms with Gasteiger partial charge >= 0.3 is 0 Å². The smallest absolute Gasteiger partial charge is 0.268 e. The second-order valence-electron chi connectivity index (χ2n) is 6.10. The van der Waals surface area contributed by atoms with Gasteiger partial charge in [-0.3, -0.25) is 4.79 Å². The summed E-state index contributed by atoms with van der Waals surface area (Å²) in [5.41, 5.74) is 7.49. The Balaban J connectivity index is 2.01. The monoisotopic (exact) mass is 277 g/mol. The molecule has 20 heavy (non-hydrogen) atoms. The Morgan fingerprint density at radius 1 is 1.40 bits per heavy atom. The van der Waals surface area contributed by atoms with E-state index in [1.807, 2.05) is 10.8 Å². The second-order valence-corrected chi connectivity index (χ2v) is 6.10. The number of carbonyl (C=O) groups excluding carboxylic acids is 1. The van der Waals surface area contributed by atoms with Crippen molar-refractivity contribution in [2.75, 3.05) is 12.3 Å². The molecule has 2 rings (SSSR count). The van der Waals surface area contributed by atoms with Gasteiger partial charge < -0.3 is 15.6 Å². The molecular formula is C16H27N3O. The number of nitrogens with one attached hydrogen (secondary N) is 1. The van der Waals surface area contributed by atoms with Crippen molar-refractivity contribution in [1.82, 2.24) is 9.88 Å². The van der Waals surface area contributed by atoms with E-state index in [1.54, 1.807) is 6.07 Å². The van der Waals surface area contributed by atoms with Gasteiger partial charge in [0.2, 0.25) is 0 Å². The molecule has 0 saturated heterocycles. The molecule has 0 radical (unpaired) electrons. The molecule has 0 bridgehead atoms. The number of hydrogen-bond donors (Lipinski definition) is 2. The first-order chi connectivity index (χ1) is 9.60. The van der Waals surface area contributed by atoms with Crippen LogP contribution in [0.25, 0.3) is 0 Å². The summed E-state index contributed by atoms with van der Waals surface area (Å²) in [6.07, 6.45) is 9.05. The van der Waals surface area contributed by atoms with Crippen molar-refractivity contribution in [3.05, 3.63) is 18.0 Å². The molecule has 112 valence electrons. The van der Waals surface area contributed by atoms with Crippen LogP contribution in [0.1, 0.15) is 62.9 Å². The van der Waals surface area contributed by atoms with Crippen LogP contribution < -0.4 is 11.1 Å². The summed E-state index contributed by atoms with van der Waals surface area (Å²) in [5, 5.41) is 3.13. The van der Waals surface area contributed by atoms with E-state index in [-0.39, 0.29) is 5.91 Å². The van der Waals surface area contributed by atoms with Crippen molar-refractivity contribution in [3.63, 3.8) is 0 Å². The molecule has 0 aliphatic heterocycles. The minimum Gasteiger partial charge on any atom is -0.397 e. The Morgan fingerprint density at radius 3 is 2.70 bits per heavy atom. The first-order valence-electron chi connectivity index (χ1n) is 7.84. The highest BCUT2D eigenvalue weighted by Gasteiger charge is 2.32. The van der Waals surface area contributed by atoms with Gasteiger partial charge in [0.05, 0.1) is 5.69 Å². The maximum absolute atomic E-state index is 12.4. The van der Waals surface area contributed by atoms with Crippen LogP contribution in [0.5, 0.6) is 0 Å². The van der Waals surface area contributed by atoms with Crippen LogP contribution in [0.2, 0.25) is 0 Å². The Labute approximate surface area is 121 Å². The van der Waals surface area contributed by atoms with Crippen molar-refractivity contribution >= 4 is 11.6 Å². The van der Waals surface area contributed by atoms with Gasteiger partial charge in [0, 0.05) is 19.3 Å². The largest absolute Gasteiger partial charge is 0.397 e. The highest BCUT2D eigenvalue weighted by Crippen LogP contribution is 2.40. The molecule has 1 heterocycles. The molecule has 1 aromatic rings. The molecule has 0 unspecified atom stereocenters. The molecule has 1 amide bonds. The average molecular weight is 277 g/mol. The van der Waals surface area contributed by atoms with Crippen LogP contribution in [-0.4, -0.2) is 17.0 Å². The number of aryl methyl sites for hydroxylation is 1. The van der Waals surface area contributed by atoms with Gasteiger partial charge in [0.25, 0.3) is 5.91 Å². The molecule has 4 nitrogen and oxygen atoms in total. The van der Waals surface area contributed by atoms with Crippen molar-refractivity contribution < 1.29 is 4.79 Å². The summed E-state index contributed by atoms with van der Waals surface area (Å²) >= 11 is 0. The molecule has 1 saturated carbocycles. The van der Waals surface area contributed by atoms with Gasteiger partial charge in [0.15, 0.2) is 0 Å². The quantitative estimate of drug-likeness (QED) is 0.839. The zero-order chi connectivity index (χ0) is 14.6. The number of nitrogens with zero attached hydrogens (tertiary/aromatic N) is 1. The summed E-state index contributed by atoms with van der Waals surface area (Å²) in [4.78, 5) is 12.4. The number of hydrogen-bond acceptors (Lipinski definition) is 2. The van der Waals surface area contributed by atoms with Crippen LogP contribution in [0.3, 0.4) is 0 Å². The van der Waals surface area contributed by atoms with E-state index < -0.39 is 0 Å². The van der Waals surface area contributed by atoms with Crippen LogP contribution in [-0.2, 0) is 6.54 Å². The number of nitrogen functional groups attached to an aromatic ring is 1. The van der Waals surface area contributed by atoms with E-state index in [9.17, 15) is 4.79 Å². The van der Waals surface area contributed by atoms with E-state index in [1.165, 1.54) is 25.7 Å². The highest BCUT2D eigenvalue weighted by molar-refractivity contribution is 5.93. The summed E-state index contributed by atoms with van der Waals surface area (Å²) < 4.78 is 1.96.